The third kappa shape index (κ3) is 8.43. The van der Waals surface area contributed by atoms with Crippen molar-refractivity contribution in [2.75, 3.05) is 39.5 Å². The van der Waals surface area contributed by atoms with Crippen LogP contribution in [0.2, 0.25) is 0 Å². The minimum atomic E-state index is -0.515. The number of carbonyl (C=O) groups excluding carboxylic acids is 1. The minimum Gasteiger partial charge on any atom is -0.378 e. The second-order valence-corrected chi connectivity index (χ2v) is 4.92. The third-order valence-corrected chi connectivity index (χ3v) is 3.29. The van der Waals surface area contributed by atoms with Crippen LogP contribution < -0.4 is 11.1 Å². The standard InChI is InChI=1S/C15H30N2O3/c1-4-6-7-9-17-15(3,5-2)14(18)13-20-12-11-19-10-8-16/h4,17H,1,5-13,16H2,2-3H3. The maximum atomic E-state index is 12.2. The zero-order chi connectivity index (χ0) is 15.3. The zero-order valence-corrected chi connectivity index (χ0v) is 13.0. The molecule has 20 heavy (non-hydrogen) atoms. The van der Waals surface area contributed by atoms with Crippen LogP contribution in [0, 0.1) is 0 Å². The van der Waals surface area contributed by atoms with Crippen molar-refractivity contribution in [2.24, 2.45) is 5.73 Å². The van der Waals surface area contributed by atoms with Crippen LogP contribution in [0.4, 0.5) is 0 Å². The monoisotopic (exact) mass is 286 g/mol. The lowest BCUT2D eigenvalue weighted by Crippen LogP contribution is -2.51. The van der Waals surface area contributed by atoms with Crippen molar-refractivity contribution < 1.29 is 14.3 Å². The van der Waals surface area contributed by atoms with Crippen molar-refractivity contribution >= 4 is 5.78 Å². The van der Waals surface area contributed by atoms with E-state index in [4.69, 9.17) is 15.2 Å². The van der Waals surface area contributed by atoms with Crippen LogP contribution in [0.5, 0.6) is 0 Å². The van der Waals surface area contributed by atoms with Crippen LogP contribution >= 0.6 is 0 Å². The van der Waals surface area contributed by atoms with Gasteiger partial charge in [0.2, 0.25) is 0 Å². The molecule has 0 spiro atoms. The highest BCUT2D eigenvalue weighted by Crippen LogP contribution is 2.11. The lowest BCUT2D eigenvalue weighted by atomic mass is 9.93. The third-order valence-electron chi connectivity index (χ3n) is 3.29. The minimum absolute atomic E-state index is 0.0810. The van der Waals surface area contributed by atoms with E-state index in [-0.39, 0.29) is 12.4 Å². The van der Waals surface area contributed by atoms with Crippen molar-refractivity contribution in [3.63, 3.8) is 0 Å². The fourth-order valence-corrected chi connectivity index (χ4v) is 1.66. The number of Topliss-reactive ketones (excluding diaryl/α,β-unsaturated/α-hetero) is 1. The molecule has 3 N–H and O–H groups in total. The maximum Gasteiger partial charge on any atom is 0.178 e. The van der Waals surface area contributed by atoms with E-state index in [0.29, 0.717) is 26.4 Å². The summed E-state index contributed by atoms with van der Waals surface area (Å²) < 4.78 is 10.5. The highest BCUT2D eigenvalue weighted by atomic mass is 16.5. The molecule has 0 saturated carbocycles. The summed E-state index contributed by atoms with van der Waals surface area (Å²) >= 11 is 0. The van der Waals surface area contributed by atoms with Crippen LogP contribution in [-0.2, 0) is 14.3 Å². The van der Waals surface area contributed by atoms with E-state index in [0.717, 1.165) is 25.8 Å². The Morgan fingerprint density at radius 3 is 2.65 bits per heavy atom. The van der Waals surface area contributed by atoms with E-state index in [2.05, 4.69) is 11.9 Å². The van der Waals surface area contributed by atoms with Crippen molar-refractivity contribution in [3.8, 4) is 0 Å². The zero-order valence-electron chi connectivity index (χ0n) is 13.0. The molecule has 0 aliphatic rings. The van der Waals surface area contributed by atoms with E-state index in [1.807, 2.05) is 19.9 Å². The normalized spacial score (nSPS) is 13.9. The molecule has 118 valence electrons. The molecule has 0 heterocycles. The van der Waals surface area contributed by atoms with Gasteiger partial charge in [0.1, 0.15) is 6.61 Å². The number of hydrogen-bond acceptors (Lipinski definition) is 5. The first-order valence-corrected chi connectivity index (χ1v) is 7.35. The summed E-state index contributed by atoms with van der Waals surface area (Å²) in [6, 6.07) is 0. The van der Waals surface area contributed by atoms with Gasteiger partial charge in [0.05, 0.1) is 25.4 Å². The van der Waals surface area contributed by atoms with Crippen LogP contribution in [0.3, 0.4) is 0 Å². The van der Waals surface area contributed by atoms with Gasteiger partial charge in [-0.2, -0.15) is 0 Å². The second-order valence-electron chi connectivity index (χ2n) is 4.92. The summed E-state index contributed by atoms with van der Waals surface area (Å²) in [5.74, 6) is 0.0810. The van der Waals surface area contributed by atoms with Gasteiger partial charge in [-0.3, -0.25) is 4.79 Å². The average molecular weight is 286 g/mol. The Labute approximate surface area is 122 Å². The molecular formula is C15H30N2O3. The number of ether oxygens (including phenoxy) is 2. The molecule has 0 aromatic rings. The number of allylic oxidation sites excluding steroid dienone is 1. The van der Waals surface area contributed by atoms with E-state index < -0.39 is 5.54 Å². The smallest absolute Gasteiger partial charge is 0.178 e. The van der Waals surface area contributed by atoms with Crippen LogP contribution in [0.15, 0.2) is 12.7 Å². The van der Waals surface area contributed by atoms with Crippen molar-refractivity contribution in [1.29, 1.82) is 0 Å². The quantitative estimate of drug-likeness (QED) is 0.372. The molecule has 5 heteroatoms. The molecular weight excluding hydrogens is 256 g/mol. The van der Waals surface area contributed by atoms with Crippen molar-refractivity contribution in [3.05, 3.63) is 12.7 Å². The lowest BCUT2D eigenvalue weighted by Gasteiger charge is -2.28. The first kappa shape index (κ1) is 19.2. The predicted octanol–water partition coefficient (Wildman–Crippen LogP) is 1.27. The second kappa shape index (κ2) is 12.0. The molecule has 0 aliphatic carbocycles. The first-order chi connectivity index (χ1) is 9.60. The van der Waals surface area contributed by atoms with Gasteiger partial charge in [0, 0.05) is 6.54 Å². The molecule has 5 nitrogen and oxygen atoms in total. The van der Waals surface area contributed by atoms with Gasteiger partial charge in [-0.05, 0) is 32.7 Å². The van der Waals surface area contributed by atoms with Gasteiger partial charge < -0.3 is 20.5 Å². The van der Waals surface area contributed by atoms with Crippen LogP contribution in [0.25, 0.3) is 0 Å². The fraction of sp³-hybridized carbons (Fsp3) is 0.800. The summed E-state index contributed by atoms with van der Waals surface area (Å²) in [5.41, 5.74) is 4.79. The van der Waals surface area contributed by atoms with Crippen molar-refractivity contribution in [2.45, 2.75) is 38.6 Å². The van der Waals surface area contributed by atoms with E-state index in [1.165, 1.54) is 0 Å². The van der Waals surface area contributed by atoms with Gasteiger partial charge in [-0.25, -0.2) is 0 Å². The number of hydrogen-bond donors (Lipinski definition) is 2. The Morgan fingerprint density at radius 2 is 2.05 bits per heavy atom. The largest absolute Gasteiger partial charge is 0.378 e. The van der Waals surface area contributed by atoms with Gasteiger partial charge in [-0.15, -0.1) is 6.58 Å². The van der Waals surface area contributed by atoms with Gasteiger partial charge >= 0.3 is 0 Å². The van der Waals surface area contributed by atoms with Crippen molar-refractivity contribution in [1.82, 2.24) is 5.32 Å². The fourth-order valence-electron chi connectivity index (χ4n) is 1.66. The van der Waals surface area contributed by atoms with Gasteiger partial charge in [0.25, 0.3) is 0 Å². The Bertz CT molecular complexity index is 272. The number of rotatable bonds is 14. The molecule has 0 aliphatic heterocycles. The summed E-state index contributed by atoms with van der Waals surface area (Å²) in [5, 5.41) is 3.32. The molecule has 1 atom stereocenters. The number of nitrogens with two attached hydrogens (primary N) is 1. The van der Waals surface area contributed by atoms with Crippen LogP contribution in [0.1, 0.15) is 33.1 Å². The molecule has 0 fully saturated rings. The molecule has 0 aromatic carbocycles. The predicted molar refractivity (Wildman–Crippen MR) is 81.8 cm³/mol. The van der Waals surface area contributed by atoms with E-state index in [1.54, 1.807) is 0 Å². The molecule has 0 bridgehead atoms. The summed E-state index contributed by atoms with van der Waals surface area (Å²) in [7, 11) is 0. The lowest BCUT2D eigenvalue weighted by molar-refractivity contribution is -0.130. The van der Waals surface area contributed by atoms with Gasteiger partial charge in [0.15, 0.2) is 5.78 Å². The number of unbranched alkanes of at least 4 members (excludes halogenated alkanes) is 1. The Hall–Kier alpha value is -0.750. The average Bonchev–Trinajstić information content (AvgIpc) is 2.46. The molecule has 0 radical (unpaired) electrons. The molecule has 0 rings (SSSR count). The molecule has 0 amide bonds. The highest BCUT2D eigenvalue weighted by molar-refractivity contribution is 5.89. The SMILES string of the molecule is C=CCCCNC(C)(CC)C(=O)COCCOCCN. The number of nitrogens with one attached hydrogen (secondary N) is 1. The first-order valence-electron chi connectivity index (χ1n) is 7.35. The Morgan fingerprint density at radius 1 is 1.35 bits per heavy atom. The number of carbonyl (C=O) groups is 1. The van der Waals surface area contributed by atoms with Crippen LogP contribution in [-0.4, -0.2) is 50.8 Å². The Kier molecular flexibility index (Phi) is 11.6. The molecule has 1 unspecified atom stereocenters. The topological polar surface area (TPSA) is 73.6 Å². The molecule has 0 saturated heterocycles. The summed E-state index contributed by atoms with van der Waals surface area (Å²) in [6.07, 6.45) is 4.57. The summed E-state index contributed by atoms with van der Waals surface area (Å²) in [4.78, 5) is 12.2. The maximum absolute atomic E-state index is 12.2. The van der Waals surface area contributed by atoms with Gasteiger partial charge in [-0.1, -0.05) is 13.0 Å². The Balaban J connectivity index is 3.89. The number of ketones is 1. The van der Waals surface area contributed by atoms with E-state index >= 15 is 0 Å². The molecule has 0 aromatic heterocycles. The summed E-state index contributed by atoms with van der Waals surface area (Å²) in [6.45, 7) is 10.5. The van der Waals surface area contributed by atoms with E-state index in [9.17, 15) is 4.79 Å². The highest BCUT2D eigenvalue weighted by Gasteiger charge is 2.29.